The Balaban J connectivity index is 1.32. The molecule has 1 spiro atoms. The highest BCUT2D eigenvalue weighted by Gasteiger charge is 2.38. The summed E-state index contributed by atoms with van der Waals surface area (Å²) in [6.45, 7) is 3.00. The number of benzene rings is 1. The average molecular weight is 441 g/mol. The lowest BCUT2D eigenvalue weighted by Crippen LogP contribution is -2.53. The zero-order valence-corrected chi connectivity index (χ0v) is 19.0. The predicted octanol–water partition coefficient (Wildman–Crippen LogP) is 3.35. The molecule has 1 amide bonds. The highest BCUT2D eigenvalue weighted by Crippen LogP contribution is 2.42. The summed E-state index contributed by atoms with van der Waals surface area (Å²) in [5.41, 5.74) is 1.90. The van der Waals surface area contributed by atoms with Gasteiger partial charge in [0.2, 0.25) is 5.91 Å². The van der Waals surface area contributed by atoms with Gasteiger partial charge in [-0.2, -0.15) is 16.9 Å². The van der Waals surface area contributed by atoms with Crippen molar-refractivity contribution in [2.24, 2.45) is 4.99 Å². The Morgan fingerprint density at radius 2 is 2.13 bits per heavy atom. The van der Waals surface area contributed by atoms with Crippen LogP contribution in [0.3, 0.4) is 0 Å². The van der Waals surface area contributed by atoms with E-state index in [-0.39, 0.29) is 12.5 Å². The lowest BCUT2D eigenvalue weighted by Gasteiger charge is -2.45. The molecule has 2 aliphatic rings. The van der Waals surface area contributed by atoms with Crippen molar-refractivity contribution in [2.45, 2.75) is 49.9 Å². The minimum absolute atomic E-state index is 0.0896. The van der Waals surface area contributed by atoms with E-state index in [1.165, 1.54) is 37.9 Å². The number of nitrogens with one attached hydrogen (secondary N) is 2. The smallest absolute Gasteiger partial charge is 0.246 e. The van der Waals surface area contributed by atoms with E-state index in [0.717, 1.165) is 30.3 Å². The number of nitrogens with zero attached hydrogens (tertiary/aromatic N) is 4. The monoisotopic (exact) mass is 440 g/mol. The fourth-order valence-corrected chi connectivity index (χ4v) is 6.11. The second-order valence-corrected chi connectivity index (χ2v) is 9.93. The van der Waals surface area contributed by atoms with Gasteiger partial charge in [-0.3, -0.25) is 14.5 Å². The summed E-state index contributed by atoms with van der Waals surface area (Å²) in [5.74, 6) is 2.05. The van der Waals surface area contributed by atoms with Gasteiger partial charge in [-0.1, -0.05) is 31.4 Å². The summed E-state index contributed by atoms with van der Waals surface area (Å²) in [6, 6.07) is 9.77. The number of anilines is 1. The first kappa shape index (κ1) is 21.7. The van der Waals surface area contributed by atoms with E-state index < -0.39 is 0 Å². The van der Waals surface area contributed by atoms with Gasteiger partial charge in [-0.15, -0.1) is 0 Å². The number of hydrogen-bond donors (Lipinski definition) is 2. The van der Waals surface area contributed by atoms with Gasteiger partial charge >= 0.3 is 0 Å². The summed E-state index contributed by atoms with van der Waals surface area (Å²) in [4.78, 5) is 19.2. The van der Waals surface area contributed by atoms with Gasteiger partial charge in [0, 0.05) is 55.3 Å². The first-order chi connectivity index (χ1) is 15.2. The molecule has 2 fully saturated rings. The summed E-state index contributed by atoms with van der Waals surface area (Å²) in [7, 11) is 1.86. The predicted molar refractivity (Wildman–Crippen MR) is 127 cm³/mol. The fourth-order valence-electron chi connectivity index (χ4n) is 4.54. The molecule has 0 unspecified atom stereocenters. The maximum Gasteiger partial charge on any atom is 0.246 e. The van der Waals surface area contributed by atoms with Crippen molar-refractivity contribution in [2.75, 3.05) is 31.2 Å². The molecule has 4 rings (SSSR count). The molecular formula is C23H32N6OS. The van der Waals surface area contributed by atoms with Gasteiger partial charge in [-0.25, -0.2) is 0 Å². The second-order valence-electron chi connectivity index (χ2n) is 8.37. The van der Waals surface area contributed by atoms with Gasteiger partial charge in [0.25, 0.3) is 0 Å². The van der Waals surface area contributed by atoms with E-state index in [9.17, 15) is 4.79 Å². The molecule has 0 radical (unpaired) electrons. The van der Waals surface area contributed by atoms with Crippen LogP contribution in [0.1, 0.15) is 37.7 Å². The maximum absolute atomic E-state index is 12.2. The van der Waals surface area contributed by atoms with Gasteiger partial charge in [0.15, 0.2) is 5.96 Å². The minimum atomic E-state index is -0.0896. The molecule has 1 aromatic heterocycles. The van der Waals surface area contributed by atoms with Crippen molar-refractivity contribution in [1.82, 2.24) is 20.0 Å². The van der Waals surface area contributed by atoms with Crippen LogP contribution in [0.4, 0.5) is 5.69 Å². The normalized spacial score (nSPS) is 18.7. The Morgan fingerprint density at radius 1 is 1.26 bits per heavy atom. The Hall–Kier alpha value is -2.48. The van der Waals surface area contributed by atoms with E-state index in [2.05, 4.69) is 43.5 Å². The molecule has 1 saturated heterocycles. The van der Waals surface area contributed by atoms with Crippen molar-refractivity contribution < 1.29 is 4.79 Å². The third kappa shape index (κ3) is 5.81. The Bertz CT molecular complexity index is 886. The summed E-state index contributed by atoms with van der Waals surface area (Å²) < 4.78 is 2.02. The summed E-state index contributed by atoms with van der Waals surface area (Å²) >= 11 is 2.17. The van der Waals surface area contributed by atoms with E-state index in [0.29, 0.717) is 11.3 Å². The van der Waals surface area contributed by atoms with Crippen LogP contribution in [-0.2, 0) is 17.9 Å². The Morgan fingerprint density at radius 3 is 2.90 bits per heavy atom. The highest BCUT2D eigenvalue weighted by molar-refractivity contribution is 8.00. The molecular weight excluding hydrogens is 408 g/mol. The third-order valence-corrected chi connectivity index (χ3v) is 7.59. The van der Waals surface area contributed by atoms with Crippen LogP contribution >= 0.6 is 11.8 Å². The molecule has 0 atom stereocenters. The van der Waals surface area contributed by atoms with Crippen LogP contribution in [0.25, 0.3) is 0 Å². The van der Waals surface area contributed by atoms with E-state index in [1.54, 1.807) is 17.1 Å². The summed E-state index contributed by atoms with van der Waals surface area (Å²) in [6.07, 6.45) is 10.2. The van der Waals surface area contributed by atoms with E-state index in [4.69, 9.17) is 0 Å². The van der Waals surface area contributed by atoms with Crippen molar-refractivity contribution >= 4 is 29.3 Å². The molecule has 2 aromatic rings. The average Bonchev–Trinajstić information content (AvgIpc) is 3.28. The molecule has 2 N–H and O–H groups in total. The van der Waals surface area contributed by atoms with Crippen LogP contribution < -0.4 is 10.6 Å². The van der Waals surface area contributed by atoms with Crippen LogP contribution in [0, 0.1) is 0 Å². The Kier molecular flexibility index (Phi) is 7.17. The van der Waals surface area contributed by atoms with Crippen LogP contribution in [-0.4, -0.2) is 57.2 Å². The number of amides is 1. The molecule has 1 saturated carbocycles. The van der Waals surface area contributed by atoms with Gasteiger partial charge in [-0.05, 0) is 36.6 Å². The van der Waals surface area contributed by atoms with Gasteiger partial charge in [0.05, 0.1) is 0 Å². The molecule has 31 heavy (non-hydrogen) atoms. The van der Waals surface area contributed by atoms with Gasteiger partial charge in [0.1, 0.15) is 6.54 Å². The van der Waals surface area contributed by atoms with Crippen LogP contribution in [0.15, 0.2) is 47.7 Å². The maximum atomic E-state index is 12.2. The quantitative estimate of drug-likeness (QED) is 0.551. The van der Waals surface area contributed by atoms with Crippen molar-refractivity contribution in [3.05, 3.63) is 48.3 Å². The molecule has 166 valence electrons. The lowest BCUT2D eigenvalue weighted by molar-refractivity contribution is -0.116. The molecule has 1 aliphatic carbocycles. The molecule has 7 nitrogen and oxygen atoms in total. The molecule has 8 heteroatoms. The molecule has 2 heterocycles. The molecule has 1 aromatic carbocycles. The Labute approximate surface area is 188 Å². The zero-order chi connectivity index (χ0) is 21.5. The van der Waals surface area contributed by atoms with Crippen molar-refractivity contribution in [1.29, 1.82) is 0 Å². The minimum Gasteiger partial charge on any atom is -0.352 e. The highest BCUT2D eigenvalue weighted by atomic mass is 32.2. The number of rotatable bonds is 5. The number of carbonyl (C=O) groups excluding carboxylic acids is 1. The largest absolute Gasteiger partial charge is 0.352 e. The first-order valence-corrected chi connectivity index (χ1v) is 12.1. The number of thioether (sulfide) groups is 1. The fraction of sp³-hybridized carbons (Fsp3) is 0.522. The van der Waals surface area contributed by atoms with Crippen molar-refractivity contribution in [3.63, 3.8) is 0 Å². The molecule has 1 aliphatic heterocycles. The third-order valence-electron chi connectivity index (χ3n) is 6.05. The van der Waals surface area contributed by atoms with Crippen LogP contribution in [0.2, 0.25) is 0 Å². The standard InChI is InChI=1S/C23H32N6OS/c1-24-22(28-13-14-31-23(18-28)9-3-2-4-10-23)25-16-19-7-5-8-20(15-19)27-21(30)17-29-12-6-11-26-29/h5-8,11-12,15H,2-4,9-10,13-14,16-18H2,1H3,(H,24,25)(H,27,30). The topological polar surface area (TPSA) is 74.5 Å². The number of hydrogen-bond acceptors (Lipinski definition) is 4. The number of guanidine groups is 1. The zero-order valence-electron chi connectivity index (χ0n) is 18.2. The first-order valence-electron chi connectivity index (χ1n) is 11.1. The SMILES string of the molecule is CN=C(NCc1cccc(NC(=O)Cn2cccn2)c1)N1CCSC2(CCCCC2)C1. The van der Waals surface area contributed by atoms with E-state index in [1.807, 2.05) is 31.3 Å². The summed E-state index contributed by atoms with van der Waals surface area (Å²) in [5, 5.41) is 10.6. The molecule has 0 bridgehead atoms. The number of aliphatic imine (C=N–C) groups is 1. The second kappa shape index (κ2) is 10.2. The van der Waals surface area contributed by atoms with E-state index >= 15 is 0 Å². The van der Waals surface area contributed by atoms with Crippen molar-refractivity contribution in [3.8, 4) is 0 Å². The number of carbonyl (C=O) groups is 1. The van der Waals surface area contributed by atoms with Gasteiger partial charge < -0.3 is 15.5 Å². The van der Waals surface area contributed by atoms with Crippen LogP contribution in [0.5, 0.6) is 0 Å². The number of aromatic nitrogens is 2. The lowest BCUT2D eigenvalue weighted by atomic mass is 9.87.